The van der Waals surface area contributed by atoms with Gasteiger partial charge in [0.15, 0.2) is 0 Å². The van der Waals surface area contributed by atoms with E-state index < -0.39 is 0 Å². The van der Waals surface area contributed by atoms with Gasteiger partial charge in [0.25, 0.3) is 0 Å². The van der Waals surface area contributed by atoms with Crippen molar-refractivity contribution in [3.05, 3.63) is 29.3 Å². The predicted octanol–water partition coefficient (Wildman–Crippen LogP) is 3.41. The van der Waals surface area contributed by atoms with Gasteiger partial charge in [-0.1, -0.05) is 12.5 Å². The largest absolute Gasteiger partial charge is 0.399 e. The van der Waals surface area contributed by atoms with Crippen LogP contribution in [-0.4, -0.2) is 0 Å². The van der Waals surface area contributed by atoms with E-state index in [4.69, 9.17) is 5.73 Å². The number of fused-ring (bicyclic) bond motifs is 3. The van der Waals surface area contributed by atoms with Crippen molar-refractivity contribution in [1.82, 2.24) is 0 Å². The van der Waals surface area contributed by atoms with Crippen LogP contribution in [0.4, 0.5) is 5.69 Å². The Labute approximate surface area is 85.3 Å². The van der Waals surface area contributed by atoms with E-state index in [1.165, 1.54) is 32.1 Å². The van der Waals surface area contributed by atoms with Gasteiger partial charge in [0.2, 0.25) is 0 Å². The molecule has 0 aromatic heterocycles. The quantitative estimate of drug-likeness (QED) is 0.619. The van der Waals surface area contributed by atoms with E-state index in [1.54, 1.807) is 11.1 Å². The first-order chi connectivity index (χ1) is 6.84. The Hall–Kier alpha value is -0.980. The van der Waals surface area contributed by atoms with Crippen LogP contribution in [0.1, 0.15) is 55.1 Å². The summed E-state index contributed by atoms with van der Waals surface area (Å²) in [4.78, 5) is 0. The van der Waals surface area contributed by atoms with Gasteiger partial charge in [0, 0.05) is 5.69 Å². The Morgan fingerprint density at radius 3 is 2.43 bits per heavy atom. The van der Waals surface area contributed by atoms with Crippen LogP contribution in [0.25, 0.3) is 0 Å². The predicted molar refractivity (Wildman–Crippen MR) is 59.4 cm³/mol. The third-order valence-electron chi connectivity index (χ3n) is 3.96. The van der Waals surface area contributed by atoms with Crippen molar-refractivity contribution >= 4 is 5.69 Å². The lowest BCUT2D eigenvalue weighted by molar-refractivity contribution is 0.527. The second-order valence-electron chi connectivity index (χ2n) is 4.79. The van der Waals surface area contributed by atoms with Crippen LogP contribution in [-0.2, 0) is 0 Å². The summed E-state index contributed by atoms with van der Waals surface area (Å²) in [6, 6.07) is 6.56. The molecule has 2 bridgehead atoms. The van der Waals surface area contributed by atoms with Crippen LogP contribution in [0.5, 0.6) is 0 Å². The van der Waals surface area contributed by atoms with E-state index in [0.29, 0.717) is 0 Å². The molecule has 3 aliphatic rings. The average Bonchev–Trinajstić information content (AvgIpc) is 2.51. The normalized spacial score (nSPS) is 29.7. The molecule has 1 saturated carbocycles. The summed E-state index contributed by atoms with van der Waals surface area (Å²) < 4.78 is 0. The standard InChI is InChI=1S/C13H17N/c14-11-6-7-12-9-2-1-3-10(5-4-9)13(12)8-11/h6-10H,1-5,14H2. The molecule has 1 aromatic carbocycles. The maximum atomic E-state index is 5.86. The summed E-state index contributed by atoms with van der Waals surface area (Å²) >= 11 is 0. The lowest BCUT2D eigenvalue weighted by atomic mass is 9.78. The second kappa shape index (κ2) is 3.01. The highest BCUT2D eigenvalue weighted by Gasteiger charge is 2.30. The highest BCUT2D eigenvalue weighted by atomic mass is 14.5. The number of benzene rings is 1. The van der Waals surface area contributed by atoms with Crippen molar-refractivity contribution in [2.45, 2.75) is 43.9 Å². The topological polar surface area (TPSA) is 26.0 Å². The van der Waals surface area contributed by atoms with Crippen LogP contribution in [0.3, 0.4) is 0 Å². The third kappa shape index (κ3) is 1.15. The molecule has 1 heteroatoms. The number of hydrogen-bond donors (Lipinski definition) is 1. The van der Waals surface area contributed by atoms with Crippen LogP contribution in [0.2, 0.25) is 0 Å². The Kier molecular flexibility index (Phi) is 1.79. The molecule has 0 spiro atoms. The smallest absolute Gasteiger partial charge is 0.0317 e. The molecule has 2 atom stereocenters. The molecule has 0 radical (unpaired) electrons. The van der Waals surface area contributed by atoms with Crippen LogP contribution < -0.4 is 5.73 Å². The first kappa shape index (κ1) is 8.34. The Balaban J connectivity index is 2.15. The molecule has 1 fully saturated rings. The SMILES string of the molecule is Nc1ccc2c(c1)C1CCCC2CC1. The highest BCUT2D eigenvalue weighted by molar-refractivity contribution is 5.48. The summed E-state index contributed by atoms with van der Waals surface area (Å²) in [6.45, 7) is 0. The fourth-order valence-electron chi connectivity index (χ4n) is 3.24. The molecule has 0 amide bonds. The summed E-state index contributed by atoms with van der Waals surface area (Å²) in [5.41, 5.74) is 9.98. The average molecular weight is 187 g/mol. The zero-order valence-electron chi connectivity index (χ0n) is 8.50. The molecular weight excluding hydrogens is 170 g/mol. The van der Waals surface area contributed by atoms with Gasteiger partial charge in [0.1, 0.15) is 0 Å². The third-order valence-corrected chi connectivity index (χ3v) is 3.96. The first-order valence-corrected chi connectivity index (χ1v) is 5.74. The van der Waals surface area contributed by atoms with Gasteiger partial charge in [-0.25, -0.2) is 0 Å². The molecule has 0 heterocycles. The van der Waals surface area contributed by atoms with Gasteiger partial charge < -0.3 is 5.73 Å². The molecule has 2 unspecified atom stereocenters. The van der Waals surface area contributed by atoms with Crippen molar-refractivity contribution in [2.24, 2.45) is 0 Å². The van der Waals surface area contributed by atoms with E-state index in [1.807, 2.05) is 0 Å². The summed E-state index contributed by atoms with van der Waals surface area (Å²) in [5, 5.41) is 0. The highest BCUT2D eigenvalue weighted by Crippen LogP contribution is 2.47. The summed E-state index contributed by atoms with van der Waals surface area (Å²) in [7, 11) is 0. The zero-order chi connectivity index (χ0) is 9.54. The summed E-state index contributed by atoms with van der Waals surface area (Å²) in [5.74, 6) is 1.65. The minimum Gasteiger partial charge on any atom is -0.399 e. The van der Waals surface area contributed by atoms with Gasteiger partial charge >= 0.3 is 0 Å². The molecular formula is C13H17N. The fraction of sp³-hybridized carbons (Fsp3) is 0.538. The van der Waals surface area contributed by atoms with E-state index >= 15 is 0 Å². The number of nitrogens with two attached hydrogens (primary N) is 1. The van der Waals surface area contributed by atoms with E-state index in [2.05, 4.69) is 18.2 Å². The Morgan fingerprint density at radius 2 is 1.64 bits per heavy atom. The van der Waals surface area contributed by atoms with Crippen molar-refractivity contribution in [2.75, 3.05) is 5.73 Å². The molecule has 74 valence electrons. The van der Waals surface area contributed by atoms with Gasteiger partial charge in [-0.3, -0.25) is 0 Å². The van der Waals surface area contributed by atoms with E-state index in [9.17, 15) is 0 Å². The molecule has 14 heavy (non-hydrogen) atoms. The van der Waals surface area contributed by atoms with Crippen molar-refractivity contribution in [1.29, 1.82) is 0 Å². The molecule has 1 aromatic rings. The van der Waals surface area contributed by atoms with Gasteiger partial charge in [-0.15, -0.1) is 0 Å². The maximum Gasteiger partial charge on any atom is 0.0317 e. The first-order valence-electron chi connectivity index (χ1n) is 5.74. The van der Waals surface area contributed by atoms with Gasteiger partial charge in [0.05, 0.1) is 0 Å². The number of anilines is 1. The lowest BCUT2D eigenvalue weighted by Crippen LogP contribution is -2.10. The molecule has 1 nitrogen and oxygen atoms in total. The fourth-order valence-corrected chi connectivity index (χ4v) is 3.24. The Morgan fingerprint density at radius 1 is 0.929 bits per heavy atom. The van der Waals surface area contributed by atoms with Crippen molar-refractivity contribution in [3.63, 3.8) is 0 Å². The number of nitrogen functional groups attached to an aromatic ring is 1. The van der Waals surface area contributed by atoms with Crippen LogP contribution in [0.15, 0.2) is 18.2 Å². The molecule has 0 aliphatic heterocycles. The monoisotopic (exact) mass is 187 g/mol. The molecule has 3 aliphatic carbocycles. The Bertz CT molecular complexity index is 352. The van der Waals surface area contributed by atoms with Crippen molar-refractivity contribution < 1.29 is 0 Å². The minimum atomic E-state index is 0.812. The van der Waals surface area contributed by atoms with Crippen LogP contribution in [0, 0.1) is 0 Å². The zero-order valence-corrected chi connectivity index (χ0v) is 8.50. The number of hydrogen-bond acceptors (Lipinski definition) is 1. The van der Waals surface area contributed by atoms with E-state index in [0.717, 1.165) is 17.5 Å². The lowest BCUT2D eigenvalue weighted by Gasteiger charge is -2.27. The minimum absolute atomic E-state index is 0.812. The van der Waals surface area contributed by atoms with Crippen LogP contribution >= 0.6 is 0 Å². The summed E-state index contributed by atoms with van der Waals surface area (Å²) in [6.07, 6.45) is 6.98. The van der Waals surface area contributed by atoms with E-state index in [-0.39, 0.29) is 0 Å². The molecule has 2 N–H and O–H groups in total. The number of rotatable bonds is 0. The van der Waals surface area contributed by atoms with Crippen molar-refractivity contribution in [3.8, 4) is 0 Å². The molecule has 0 saturated heterocycles. The van der Waals surface area contributed by atoms with Gasteiger partial charge in [-0.05, 0) is 60.8 Å². The van der Waals surface area contributed by atoms with Gasteiger partial charge in [-0.2, -0.15) is 0 Å². The maximum absolute atomic E-state index is 5.86. The molecule has 4 rings (SSSR count). The second-order valence-corrected chi connectivity index (χ2v) is 4.79.